The van der Waals surface area contributed by atoms with Crippen LogP contribution in [0.1, 0.15) is 46.0 Å². The van der Waals surface area contributed by atoms with Gasteiger partial charge >= 0.3 is 5.97 Å². The fraction of sp³-hybridized carbons (Fsp3) is 0.846. The van der Waals surface area contributed by atoms with Gasteiger partial charge in [0.1, 0.15) is 0 Å². The Labute approximate surface area is 103 Å². The molecule has 0 aromatic rings. The van der Waals surface area contributed by atoms with Gasteiger partial charge in [0.2, 0.25) is 5.91 Å². The summed E-state index contributed by atoms with van der Waals surface area (Å²) in [5, 5.41) is 11.8. The van der Waals surface area contributed by atoms with E-state index in [0.717, 1.165) is 25.7 Å². The minimum absolute atomic E-state index is 0.104. The number of hydrogen-bond acceptors (Lipinski definition) is 2. The smallest absolute Gasteiger partial charge is 0.307 e. The van der Waals surface area contributed by atoms with Gasteiger partial charge < -0.3 is 10.4 Å². The maximum absolute atomic E-state index is 11.4. The summed E-state index contributed by atoms with van der Waals surface area (Å²) < 4.78 is 0. The summed E-state index contributed by atoms with van der Waals surface area (Å²) in [4.78, 5) is 22.6. The van der Waals surface area contributed by atoms with Crippen molar-refractivity contribution < 1.29 is 14.7 Å². The average molecular weight is 241 g/mol. The molecule has 4 heteroatoms. The number of rotatable bonds is 4. The largest absolute Gasteiger partial charge is 0.481 e. The number of carboxylic acid groups (broad SMARTS) is 1. The van der Waals surface area contributed by atoms with Crippen LogP contribution < -0.4 is 5.32 Å². The molecule has 1 aliphatic carbocycles. The summed E-state index contributed by atoms with van der Waals surface area (Å²) in [7, 11) is 1.55. The van der Waals surface area contributed by atoms with Crippen LogP contribution in [-0.4, -0.2) is 24.0 Å². The van der Waals surface area contributed by atoms with Gasteiger partial charge in [-0.15, -0.1) is 0 Å². The van der Waals surface area contributed by atoms with E-state index in [2.05, 4.69) is 19.2 Å². The molecule has 2 N–H and O–H groups in total. The summed E-state index contributed by atoms with van der Waals surface area (Å²) in [6, 6.07) is 0. The molecule has 1 fully saturated rings. The molecule has 0 aromatic carbocycles. The molecule has 0 radical (unpaired) electrons. The monoisotopic (exact) mass is 241 g/mol. The highest BCUT2D eigenvalue weighted by Crippen LogP contribution is 2.42. The maximum atomic E-state index is 11.4. The van der Waals surface area contributed by atoms with E-state index in [4.69, 9.17) is 0 Å². The zero-order chi connectivity index (χ0) is 13.1. The van der Waals surface area contributed by atoms with Gasteiger partial charge in [-0.2, -0.15) is 0 Å². The van der Waals surface area contributed by atoms with Crippen molar-refractivity contribution in [1.82, 2.24) is 5.32 Å². The predicted molar refractivity (Wildman–Crippen MR) is 65.5 cm³/mol. The first kappa shape index (κ1) is 14.0. The third-order valence-corrected chi connectivity index (χ3v) is 3.81. The molecule has 2 atom stereocenters. The van der Waals surface area contributed by atoms with Crippen LogP contribution in [0.5, 0.6) is 0 Å². The van der Waals surface area contributed by atoms with Gasteiger partial charge in [0.25, 0.3) is 0 Å². The van der Waals surface area contributed by atoms with Crippen LogP contribution in [0, 0.1) is 17.3 Å². The second kappa shape index (κ2) is 5.52. The summed E-state index contributed by atoms with van der Waals surface area (Å²) >= 11 is 0. The van der Waals surface area contributed by atoms with Crippen molar-refractivity contribution in [3.63, 3.8) is 0 Å². The number of carboxylic acids is 1. The Morgan fingerprint density at radius 2 is 2.12 bits per heavy atom. The molecule has 1 amide bonds. The van der Waals surface area contributed by atoms with Gasteiger partial charge in [0, 0.05) is 13.5 Å². The number of nitrogens with one attached hydrogen (secondary N) is 1. The number of aliphatic carboxylic acids is 1. The lowest BCUT2D eigenvalue weighted by atomic mass is 9.67. The average Bonchev–Trinajstić information content (AvgIpc) is 2.23. The summed E-state index contributed by atoms with van der Waals surface area (Å²) in [6.45, 7) is 4.36. The summed E-state index contributed by atoms with van der Waals surface area (Å²) in [6.07, 6.45) is 4.15. The van der Waals surface area contributed by atoms with E-state index >= 15 is 0 Å². The highest BCUT2D eigenvalue weighted by molar-refractivity contribution is 5.82. The van der Waals surface area contributed by atoms with Crippen molar-refractivity contribution >= 4 is 11.9 Å². The fourth-order valence-electron chi connectivity index (χ4n) is 2.86. The molecule has 0 heterocycles. The Balaban J connectivity index is 2.70. The lowest BCUT2D eigenvalue weighted by molar-refractivity contribution is -0.147. The standard InChI is InChI=1S/C13H23NO3/c1-13(2)6-4-5-9(8-13)10(12(16)17)7-11(15)14-3/h9-10H,4-8H2,1-3H3,(H,14,15)(H,16,17). The van der Waals surface area contributed by atoms with E-state index < -0.39 is 11.9 Å². The van der Waals surface area contributed by atoms with Crippen LogP contribution in [0.25, 0.3) is 0 Å². The molecular formula is C13H23NO3. The Kier molecular flexibility index (Phi) is 4.54. The molecule has 0 spiro atoms. The first-order valence-electron chi connectivity index (χ1n) is 6.29. The van der Waals surface area contributed by atoms with Gasteiger partial charge in [-0.3, -0.25) is 9.59 Å². The van der Waals surface area contributed by atoms with E-state index in [9.17, 15) is 14.7 Å². The minimum atomic E-state index is -0.837. The number of carbonyl (C=O) groups excluding carboxylic acids is 1. The molecule has 1 aliphatic rings. The van der Waals surface area contributed by atoms with Crippen molar-refractivity contribution in [3.05, 3.63) is 0 Å². The van der Waals surface area contributed by atoms with E-state index in [1.54, 1.807) is 7.05 Å². The Morgan fingerprint density at radius 1 is 1.47 bits per heavy atom. The third kappa shape index (κ3) is 4.02. The number of carbonyl (C=O) groups is 2. The zero-order valence-corrected chi connectivity index (χ0v) is 11.0. The topological polar surface area (TPSA) is 66.4 Å². The quantitative estimate of drug-likeness (QED) is 0.791. The normalized spacial score (nSPS) is 25.0. The Bertz CT molecular complexity index is 299. The summed E-state index contributed by atoms with van der Waals surface area (Å²) in [5.74, 6) is -1.42. The first-order chi connectivity index (χ1) is 7.85. The first-order valence-corrected chi connectivity index (χ1v) is 6.29. The minimum Gasteiger partial charge on any atom is -0.481 e. The van der Waals surface area contributed by atoms with Crippen LogP contribution in [0.15, 0.2) is 0 Å². The summed E-state index contributed by atoms with van der Waals surface area (Å²) in [5.41, 5.74) is 0.208. The van der Waals surface area contributed by atoms with Crippen LogP contribution in [0.4, 0.5) is 0 Å². The molecule has 17 heavy (non-hydrogen) atoms. The second-order valence-electron chi connectivity index (χ2n) is 5.84. The van der Waals surface area contributed by atoms with Gasteiger partial charge in [-0.05, 0) is 30.6 Å². The molecule has 1 rings (SSSR count). The van der Waals surface area contributed by atoms with Crippen LogP contribution in [0.2, 0.25) is 0 Å². The SMILES string of the molecule is CNC(=O)CC(C(=O)O)C1CCCC(C)(C)C1. The molecular weight excluding hydrogens is 218 g/mol. The van der Waals surface area contributed by atoms with Crippen molar-refractivity contribution in [2.45, 2.75) is 46.0 Å². The van der Waals surface area contributed by atoms with Crippen molar-refractivity contribution in [2.75, 3.05) is 7.05 Å². The fourth-order valence-corrected chi connectivity index (χ4v) is 2.86. The molecule has 4 nitrogen and oxygen atoms in total. The Morgan fingerprint density at radius 3 is 2.59 bits per heavy atom. The zero-order valence-electron chi connectivity index (χ0n) is 11.0. The third-order valence-electron chi connectivity index (χ3n) is 3.81. The number of hydrogen-bond donors (Lipinski definition) is 2. The second-order valence-corrected chi connectivity index (χ2v) is 5.84. The molecule has 0 aromatic heterocycles. The van der Waals surface area contributed by atoms with E-state index in [0.29, 0.717) is 0 Å². The highest BCUT2D eigenvalue weighted by Gasteiger charge is 2.36. The van der Waals surface area contributed by atoms with Crippen LogP contribution in [0.3, 0.4) is 0 Å². The molecule has 98 valence electrons. The van der Waals surface area contributed by atoms with Crippen molar-refractivity contribution in [3.8, 4) is 0 Å². The Hall–Kier alpha value is -1.06. The molecule has 0 saturated heterocycles. The molecule has 1 saturated carbocycles. The number of amides is 1. The predicted octanol–water partition coefficient (Wildman–Crippen LogP) is 2.04. The van der Waals surface area contributed by atoms with Crippen molar-refractivity contribution in [2.24, 2.45) is 17.3 Å². The maximum Gasteiger partial charge on any atom is 0.307 e. The van der Waals surface area contributed by atoms with E-state index in [1.807, 2.05) is 0 Å². The van der Waals surface area contributed by atoms with E-state index in [1.165, 1.54) is 0 Å². The van der Waals surface area contributed by atoms with E-state index in [-0.39, 0.29) is 23.7 Å². The van der Waals surface area contributed by atoms with Crippen molar-refractivity contribution in [1.29, 1.82) is 0 Å². The highest BCUT2D eigenvalue weighted by atomic mass is 16.4. The lowest BCUT2D eigenvalue weighted by Gasteiger charge is -2.37. The molecule has 2 unspecified atom stereocenters. The van der Waals surface area contributed by atoms with Gasteiger partial charge in [-0.25, -0.2) is 0 Å². The van der Waals surface area contributed by atoms with Crippen LogP contribution in [-0.2, 0) is 9.59 Å². The van der Waals surface area contributed by atoms with Gasteiger partial charge in [-0.1, -0.05) is 20.3 Å². The van der Waals surface area contributed by atoms with Crippen LogP contribution >= 0.6 is 0 Å². The molecule has 0 aliphatic heterocycles. The lowest BCUT2D eigenvalue weighted by Crippen LogP contribution is -2.35. The molecule has 0 bridgehead atoms. The van der Waals surface area contributed by atoms with Gasteiger partial charge in [0.05, 0.1) is 5.92 Å². The van der Waals surface area contributed by atoms with Gasteiger partial charge in [0.15, 0.2) is 0 Å².